The second-order valence-electron chi connectivity index (χ2n) is 8.70. The van der Waals surface area contributed by atoms with E-state index < -0.39 is 5.60 Å². The number of fused-ring (bicyclic) bond motifs is 2. The Balaban J connectivity index is 1.61. The van der Waals surface area contributed by atoms with Crippen molar-refractivity contribution in [3.05, 3.63) is 108 Å². The summed E-state index contributed by atoms with van der Waals surface area (Å²) in [5.41, 5.74) is 2.48. The number of ether oxygens (including phenoxy) is 2. The molecule has 0 saturated carbocycles. The Bertz CT molecular complexity index is 1210. The predicted octanol–water partition coefficient (Wildman–Crippen LogP) is 6.41. The van der Waals surface area contributed by atoms with Crippen LogP contribution < -0.4 is 14.4 Å². The average Bonchev–Trinajstić information content (AvgIpc) is 2.82. The van der Waals surface area contributed by atoms with Gasteiger partial charge in [-0.2, -0.15) is 0 Å². The smallest absolute Gasteiger partial charge is 0.263 e. The normalized spacial score (nSPS) is 12.2. The number of benzene rings is 3. The maximum atomic E-state index is 11.1. The molecule has 0 atom stereocenters. The van der Waals surface area contributed by atoms with E-state index in [0.717, 1.165) is 16.8 Å². The van der Waals surface area contributed by atoms with Crippen molar-refractivity contribution in [2.45, 2.75) is 32.5 Å². The third-order valence-electron chi connectivity index (χ3n) is 5.56. The van der Waals surface area contributed by atoms with Gasteiger partial charge in [-0.15, -0.1) is 0 Å². The fraction of sp³-hybridized carbons (Fsp3) is 0.179. The zero-order valence-electron chi connectivity index (χ0n) is 18.7. The largest absolute Gasteiger partial charge is 0.448 e. The fourth-order valence-electron chi connectivity index (χ4n) is 3.98. The van der Waals surface area contributed by atoms with Gasteiger partial charge < -0.3 is 19.5 Å². The van der Waals surface area contributed by atoms with Crippen LogP contribution in [0.15, 0.2) is 91.0 Å². The van der Waals surface area contributed by atoms with Crippen LogP contribution in [-0.2, 0) is 18.7 Å². The van der Waals surface area contributed by atoms with E-state index in [9.17, 15) is 5.11 Å². The summed E-state index contributed by atoms with van der Waals surface area (Å²) in [5, 5.41) is 11.1. The van der Waals surface area contributed by atoms with Crippen LogP contribution in [0.1, 0.15) is 30.7 Å². The molecule has 0 radical (unpaired) electrons. The van der Waals surface area contributed by atoms with Crippen LogP contribution in [0.3, 0.4) is 0 Å². The lowest BCUT2D eigenvalue weighted by Crippen LogP contribution is -2.28. The molecule has 5 rings (SSSR count). The molecule has 0 aliphatic carbocycles. The van der Waals surface area contributed by atoms with Crippen molar-refractivity contribution in [1.82, 2.24) is 4.98 Å². The van der Waals surface area contributed by atoms with Crippen LogP contribution in [0.25, 0.3) is 0 Å². The summed E-state index contributed by atoms with van der Waals surface area (Å²) in [6.45, 7) is 4.78. The number of hydrogen-bond acceptors (Lipinski definition) is 5. The van der Waals surface area contributed by atoms with Crippen LogP contribution in [0.4, 0.5) is 5.69 Å². The van der Waals surface area contributed by atoms with E-state index in [2.05, 4.69) is 29.2 Å². The zero-order valence-corrected chi connectivity index (χ0v) is 18.7. The van der Waals surface area contributed by atoms with Crippen LogP contribution >= 0.6 is 0 Å². The van der Waals surface area contributed by atoms with Gasteiger partial charge in [-0.3, -0.25) is 0 Å². The van der Waals surface area contributed by atoms with Gasteiger partial charge in [-0.25, -0.2) is 4.98 Å². The van der Waals surface area contributed by atoms with Crippen LogP contribution in [0, 0.1) is 0 Å². The number of anilines is 1. The number of hydrogen-bond donors (Lipinski definition) is 1. The summed E-state index contributed by atoms with van der Waals surface area (Å²) in [6.07, 6.45) is 0. The quantitative estimate of drug-likeness (QED) is 0.332. The SMILES string of the molecule is CC(C)(O)c1nc2c(cc1N(Cc1ccccc1)Cc1ccccc1)Oc1ccccc1O2. The number of rotatable bonds is 6. The third kappa shape index (κ3) is 4.54. The van der Waals surface area contributed by atoms with E-state index in [-0.39, 0.29) is 0 Å². The molecule has 0 saturated heterocycles. The number of nitrogens with zero attached hydrogens (tertiary/aromatic N) is 2. The van der Waals surface area contributed by atoms with Gasteiger partial charge in [0, 0.05) is 19.2 Å². The van der Waals surface area contributed by atoms with Crippen molar-refractivity contribution in [2.24, 2.45) is 0 Å². The lowest BCUT2D eigenvalue weighted by atomic mass is 10.0. The Kier molecular flexibility index (Phi) is 5.48. The number of aliphatic hydroxyl groups is 1. The first-order valence-corrected chi connectivity index (χ1v) is 11.0. The molecule has 5 nitrogen and oxygen atoms in total. The Morgan fingerprint density at radius 3 is 1.79 bits per heavy atom. The van der Waals surface area contributed by atoms with E-state index in [4.69, 9.17) is 14.5 Å². The second-order valence-corrected chi connectivity index (χ2v) is 8.70. The molecule has 1 N–H and O–H groups in total. The summed E-state index contributed by atoms with van der Waals surface area (Å²) in [5.74, 6) is 2.14. The van der Waals surface area contributed by atoms with Crippen molar-refractivity contribution in [3.63, 3.8) is 0 Å². The van der Waals surface area contributed by atoms with Crippen molar-refractivity contribution < 1.29 is 14.6 Å². The average molecular weight is 439 g/mol. The second kappa shape index (κ2) is 8.60. The van der Waals surface area contributed by atoms with Crippen LogP contribution in [-0.4, -0.2) is 10.1 Å². The van der Waals surface area contributed by atoms with Gasteiger partial charge in [0.15, 0.2) is 17.2 Å². The van der Waals surface area contributed by atoms with Gasteiger partial charge in [0.05, 0.1) is 11.4 Å². The molecular formula is C28H26N2O3. The van der Waals surface area contributed by atoms with Crippen molar-refractivity contribution in [2.75, 3.05) is 4.90 Å². The molecule has 33 heavy (non-hydrogen) atoms. The summed E-state index contributed by atoms with van der Waals surface area (Å²) >= 11 is 0. The molecule has 3 aromatic carbocycles. The number of pyridine rings is 1. The van der Waals surface area contributed by atoms with Gasteiger partial charge in [0.25, 0.3) is 5.88 Å². The summed E-state index contributed by atoms with van der Waals surface area (Å²) in [7, 11) is 0. The fourth-order valence-corrected chi connectivity index (χ4v) is 3.98. The lowest BCUT2D eigenvalue weighted by molar-refractivity contribution is 0.0735. The van der Waals surface area contributed by atoms with Gasteiger partial charge in [-0.05, 0) is 37.1 Å². The highest BCUT2D eigenvalue weighted by molar-refractivity contribution is 5.62. The Hall–Kier alpha value is -3.83. The first-order chi connectivity index (χ1) is 16.0. The van der Waals surface area contributed by atoms with E-state index in [1.165, 1.54) is 0 Å². The van der Waals surface area contributed by atoms with Gasteiger partial charge in [0.2, 0.25) is 0 Å². The van der Waals surface area contributed by atoms with Crippen molar-refractivity contribution >= 4 is 5.69 Å². The third-order valence-corrected chi connectivity index (χ3v) is 5.56. The molecule has 166 valence electrons. The Morgan fingerprint density at radius 1 is 0.727 bits per heavy atom. The van der Waals surface area contributed by atoms with Gasteiger partial charge in [-0.1, -0.05) is 72.8 Å². The van der Waals surface area contributed by atoms with Crippen molar-refractivity contribution in [1.29, 1.82) is 0 Å². The molecule has 1 aliphatic rings. The van der Waals surface area contributed by atoms with E-state index in [0.29, 0.717) is 41.9 Å². The van der Waals surface area contributed by atoms with E-state index in [1.54, 1.807) is 13.8 Å². The van der Waals surface area contributed by atoms with Crippen LogP contribution in [0.2, 0.25) is 0 Å². The molecule has 0 fully saturated rings. The monoisotopic (exact) mass is 438 g/mol. The highest BCUT2D eigenvalue weighted by Gasteiger charge is 2.30. The molecule has 4 aromatic rings. The Labute approximate surface area is 193 Å². The maximum absolute atomic E-state index is 11.1. The van der Waals surface area contributed by atoms with E-state index >= 15 is 0 Å². The molecule has 0 spiro atoms. The molecule has 0 unspecified atom stereocenters. The minimum Gasteiger partial charge on any atom is -0.448 e. The highest BCUT2D eigenvalue weighted by atomic mass is 16.6. The van der Waals surface area contributed by atoms with Crippen molar-refractivity contribution in [3.8, 4) is 23.1 Å². The topological polar surface area (TPSA) is 54.8 Å². The minimum absolute atomic E-state index is 0.356. The predicted molar refractivity (Wildman–Crippen MR) is 129 cm³/mol. The van der Waals surface area contributed by atoms with Crippen LogP contribution in [0.5, 0.6) is 23.1 Å². The highest BCUT2D eigenvalue weighted by Crippen LogP contribution is 2.47. The standard InChI is InChI=1S/C28H26N2O3/c1-28(2,31)26-22(17-25-27(29-26)33-24-16-10-9-15-23(24)32-25)30(18-20-11-5-3-6-12-20)19-21-13-7-4-8-14-21/h3-17,31H,18-19H2,1-2H3. The molecule has 2 heterocycles. The minimum atomic E-state index is -1.18. The molecular weight excluding hydrogens is 412 g/mol. The molecule has 0 bridgehead atoms. The van der Waals surface area contributed by atoms with Gasteiger partial charge >= 0.3 is 0 Å². The first-order valence-electron chi connectivity index (χ1n) is 11.0. The summed E-state index contributed by atoms with van der Waals surface area (Å²) in [4.78, 5) is 6.97. The molecule has 1 aliphatic heterocycles. The first kappa shape index (κ1) is 21.0. The zero-order chi connectivity index (χ0) is 22.8. The summed E-state index contributed by atoms with van der Waals surface area (Å²) < 4.78 is 12.2. The maximum Gasteiger partial charge on any atom is 0.263 e. The molecule has 5 heteroatoms. The lowest BCUT2D eigenvalue weighted by Gasteiger charge is -2.32. The van der Waals surface area contributed by atoms with Gasteiger partial charge in [0.1, 0.15) is 5.60 Å². The summed E-state index contributed by atoms with van der Waals surface area (Å²) in [6, 6.07) is 30.0. The number of aromatic nitrogens is 1. The molecule has 0 amide bonds. The Morgan fingerprint density at radius 2 is 1.24 bits per heavy atom. The number of para-hydroxylation sites is 2. The van der Waals surface area contributed by atoms with E-state index in [1.807, 2.05) is 66.7 Å². The molecule has 1 aromatic heterocycles.